The van der Waals surface area contributed by atoms with E-state index in [-0.39, 0.29) is 23.6 Å². The molecule has 1 rings (SSSR count). The van der Waals surface area contributed by atoms with Gasteiger partial charge in [0.05, 0.1) is 17.5 Å². The van der Waals surface area contributed by atoms with Gasteiger partial charge >= 0.3 is 0 Å². The van der Waals surface area contributed by atoms with Gasteiger partial charge in [0, 0.05) is 19.3 Å². The lowest BCUT2D eigenvalue weighted by atomic mass is 10.2. The van der Waals surface area contributed by atoms with Gasteiger partial charge in [0.25, 0.3) is 5.91 Å². The molecular formula is C10H15N3O4S. The number of rotatable bonds is 6. The molecular weight excluding hydrogens is 258 g/mol. The molecule has 0 unspecified atom stereocenters. The zero-order valence-corrected chi connectivity index (χ0v) is 10.7. The number of pyridine rings is 1. The van der Waals surface area contributed by atoms with Gasteiger partial charge in [0.1, 0.15) is 5.75 Å². The Morgan fingerprint density at radius 3 is 2.83 bits per heavy atom. The molecule has 0 saturated carbocycles. The summed E-state index contributed by atoms with van der Waals surface area (Å²) in [6.45, 7) is 1.95. The van der Waals surface area contributed by atoms with Crippen LogP contribution in [0, 0.1) is 0 Å². The Labute approximate surface area is 105 Å². The maximum absolute atomic E-state index is 11.6. The van der Waals surface area contributed by atoms with Crippen molar-refractivity contribution in [1.29, 1.82) is 0 Å². The molecule has 7 nitrogen and oxygen atoms in total. The first-order valence-electron chi connectivity index (χ1n) is 5.35. The van der Waals surface area contributed by atoms with Crippen LogP contribution in [0.2, 0.25) is 0 Å². The van der Waals surface area contributed by atoms with Crippen molar-refractivity contribution in [3.63, 3.8) is 0 Å². The number of amides is 1. The lowest BCUT2D eigenvalue weighted by Crippen LogP contribution is -2.34. The quantitative estimate of drug-likeness (QED) is 0.645. The summed E-state index contributed by atoms with van der Waals surface area (Å²) in [5.41, 5.74) is 0.0610. The van der Waals surface area contributed by atoms with Gasteiger partial charge in [-0.1, -0.05) is 6.92 Å². The number of aromatic nitrogens is 1. The van der Waals surface area contributed by atoms with E-state index in [1.165, 1.54) is 12.3 Å². The highest BCUT2D eigenvalue weighted by molar-refractivity contribution is 7.89. The first-order valence-corrected chi connectivity index (χ1v) is 7.00. The number of nitrogens with one attached hydrogen (secondary N) is 2. The van der Waals surface area contributed by atoms with Gasteiger partial charge in [-0.3, -0.25) is 9.78 Å². The van der Waals surface area contributed by atoms with Crippen LogP contribution in [0.25, 0.3) is 0 Å². The summed E-state index contributed by atoms with van der Waals surface area (Å²) in [6.07, 6.45) is 2.51. The Morgan fingerprint density at radius 2 is 2.22 bits per heavy atom. The van der Waals surface area contributed by atoms with Crippen LogP contribution in [0.15, 0.2) is 18.5 Å². The van der Waals surface area contributed by atoms with Crippen molar-refractivity contribution >= 4 is 15.9 Å². The number of carbonyl (C=O) groups excluding carboxylic acids is 1. The van der Waals surface area contributed by atoms with Crippen molar-refractivity contribution in [1.82, 2.24) is 15.0 Å². The van der Waals surface area contributed by atoms with E-state index in [0.29, 0.717) is 6.54 Å². The Bertz CT molecular complexity index is 516. The second-order valence-electron chi connectivity index (χ2n) is 3.47. The molecule has 1 amide bonds. The molecule has 3 N–H and O–H groups in total. The lowest BCUT2D eigenvalue weighted by molar-refractivity contribution is 0.0953. The van der Waals surface area contributed by atoms with Gasteiger partial charge in [-0.2, -0.15) is 0 Å². The third-order valence-corrected chi connectivity index (χ3v) is 3.54. The van der Waals surface area contributed by atoms with Gasteiger partial charge in [-0.25, -0.2) is 13.1 Å². The number of hydrogen-bond acceptors (Lipinski definition) is 5. The number of aromatic hydroxyl groups is 1. The molecule has 18 heavy (non-hydrogen) atoms. The van der Waals surface area contributed by atoms with Crippen molar-refractivity contribution in [2.75, 3.05) is 18.8 Å². The summed E-state index contributed by atoms with van der Waals surface area (Å²) >= 11 is 0. The third-order valence-electron chi connectivity index (χ3n) is 2.07. The number of carbonyl (C=O) groups is 1. The van der Waals surface area contributed by atoms with Gasteiger partial charge in [-0.05, 0) is 6.07 Å². The van der Waals surface area contributed by atoms with Crippen molar-refractivity contribution in [2.45, 2.75) is 6.92 Å². The summed E-state index contributed by atoms with van der Waals surface area (Å²) in [4.78, 5) is 15.2. The predicted molar refractivity (Wildman–Crippen MR) is 65.7 cm³/mol. The molecule has 0 aliphatic heterocycles. The zero-order valence-electron chi connectivity index (χ0n) is 9.88. The molecule has 0 saturated heterocycles. The van der Waals surface area contributed by atoms with Crippen molar-refractivity contribution in [3.05, 3.63) is 24.0 Å². The van der Waals surface area contributed by atoms with Crippen molar-refractivity contribution in [2.24, 2.45) is 0 Å². The largest absolute Gasteiger partial charge is 0.505 e. The normalized spacial score (nSPS) is 11.2. The molecule has 0 aromatic carbocycles. The average Bonchev–Trinajstić information content (AvgIpc) is 2.29. The molecule has 0 aliphatic carbocycles. The van der Waals surface area contributed by atoms with Gasteiger partial charge in [-0.15, -0.1) is 0 Å². The molecule has 0 atom stereocenters. The second kappa shape index (κ2) is 6.31. The highest BCUT2D eigenvalue weighted by atomic mass is 32.2. The molecule has 0 spiro atoms. The Morgan fingerprint density at radius 1 is 1.50 bits per heavy atom. The fourth-order valence-electron chi connectivity index (χ4n) is 1.26. The summed E-state index contributed by atoms with van der Waals surface area (Å²) in [5.74, 6) is -0.996. The van der Waals surface area contributed by atoms with Crippen LogP contribution in [-0.2, 0) is 10.0 Å². The smallest absolute Gasteiger partial charge is 0.255 e. The van der Waals surface area contributed by atoms with Crippen LogP contribution >= 0.6 is 0 Å². The minimum absolute atomic E-state index is 0.0318. The number of hydrogen-bond donors (Lipinski definition) is 3. The zero-order chi connectivity index (χ0) is 13.6. The van der Waals surface area contributed by atoms with E-state index in [1.54, 1.807) is 6.92 Å². The predicted octanol–water partition coefficient (Wildman–Crippen LogP) is -0.544. The molecule has 1 heterocycles. The van der Waals surface area contributed by atoms with Crippen molar-refractivity contribution in [3.8, 4) is 5.75 Å². The SMILES string of the molecule is CCNS(=O)(=O)CCNC(=O)c1ccncc1O. The Hall–Kier alpha value is -1.67. The van der Waals surface area contributed by atoms with E-state index < -0.39 is 15.9 Å². The van der Waals surface area contributed by atoms with Crippen LogP contribution in [0.4, 0.5) is 0 Å². The minimum Gasteiger partial charge on any atom is -0.505 e. The van der Waals surface area contributed by atoms with Gasteiger partial charge < -0.3 is 10.4 Å². The van der Waals surface area contributed by atoms with E-state index in [0.717, 1.165) is 6.20 Å². The topological polar surface area (TPSA) is 108 Å². The van der Waals surface area contributed by atoms with Crippen LogP contribution in [0.5, 0.6) is 5.75 Å². The van der Waals surface area contributed by atoms with Crippen LogP contribution in [-0.4, -0.2) is 43.3 Å². The van der Waals surface area contributed by atoms with E-state index in [1.807, 2.05) is 0 Å². The van der Waals surface area contributed by atoms with E-state index in [9.17, 15) is 18.3 Å². The highest BCUT2D eigenvalue weighted by Gasteiger charge is 2.12. The first-order chi connectivity index (χ1) is 8.46. The minimum atomic E-state index is -3.36. The average molecular weight is 273 g/mol. The summed E-state index contributed by atoms with van der Waals surface area (Å²) in [6, 6.07) is 1.35. The molecule has 100 valence electrons. The molecule has 1 aromatic heterocycles. The molecule has 8 heteroatoms. The number of sulfonamides is 1. The molecule has 0 radical (unpaired) electrons. The maximum atomic E-state index is 11.6. The first kappa shape index (κ1) is 14.4. The molecule has 0 fully saturated rings. The van der Waals surface area contributed by atoms with Gasteiger partial charge in [0.15, 0.2) is 0 Å². The fourth-order valence-corrected chi connectivity index (χ4v) is 2.22. The lowest BCUT2D eigenvalue weighted by Gasteiger charge is -2.07. The fraction of sp³-hybridized carbons (Fsp3) is 0.400. The maximum Gasteiger partial charge on any atom is 0.255 e. The second-order valence-corrected chi connectivity index (χ2v) is 5.39. The van der Waals surface area contributed by atoms with Crippen LogP contribution in [0.3, 0.4) is 0 Å². The Balaban J connectivity index is 2.51. The highest BCUT2D eigenvalue weighted by Crippen LogP contribution is 2.12. The van der Waals surface area contributed by atoms with Crippen LogP contribution in [0.1, 0.15) is 17.3 Å². The van der Waals surface area contributed by atoms with E-state index in [2.05, 4.69) is 15.0 Å². The summed E-state index contributed by atoms with van der Waals surface area (Å²) in [5, 5.41) is 11.8. The standard InChI is InChI=1S/C10H15N3O4S/c1-2-13-18(16,17)6-5-12-10(15)8-3-4-11-7-9(8)14/h3-4,7,13-14H,2,5-6H2,1H3,(H,12,15). The molecule has 0 bridgehead atoms. The summed E-state index contributed by atoms with van der Waals surface area (Å²) < 4.78 is 24.9. The summed E-state index contributed by atoms with van der Waals surface area (Å²) in [7, 11) is -3.36. The molecule has 1 aromatic rings. The van der Waals surface area contributed by atoms with Gasteiger partial charge in [0.2, 0.25) is 10.0 Å². The third kappa shape index (κ3) is 4.30. The van der Waals surface area contributed by atoms with Crippen LogP contribution < -0.4 is 10.0 Å². The monoisotopic (exact) mass is 273 g/mol. The van der Waals surface area contributed by atoms with E-state index in [4.69, 9.17) is 0 Å². The van der Waals surface area contributed by atoms with E-state index >= 15 is 0 Å². The Kier molecular flexibility index (Phi) is 5.05. The number of nitrogens with zero attached hydrogens (tertiary/aromatic N) is 1. The van der Waals surface area contributed by atoms with Crippen molar-refractivity contribution < 1.29 is 18.3 Å². The molecule has 0 aliphatic rings.